The highest BCUT2D eigenvalue weighted by atomic mass is 15.2. The van der Waals surface area contributed by atoms with Gasteiger partial charge in [-0.05, 0) is 27.2 Å². The van der Waals surface area contributed by atoms with Crippen molar-refractivity contribution in [2.24, 2.45) is 0 Å². The van der Waals surface area contributed by atoms with E-state index in [1.807, 2.05) is 13.8 Å². The molecule has 0 fully saturated rings. The van der Waals surface area contributed by atoms with Gasteiger partial charge in [-0.3, -0.25) is 0 Å². The zero-order chi connectivity index (χ0) is 14.3. The fourth-order valence-corrected chi connectivity index (χ4v) is 1.94. The monoisotopic (exact) mass is 261 g/mol. The molecule has 0 unspecified atom stereocenters. The minimum absolute atomic E-state index is 0.508. The van der Waals surface area contributed by atoms with E-state index in [1.165, 1.54) is 0 Å². The standard InChI is InChI=1S/C14H23N5/c1-5-9-16-13-11(3)14(18-12(4)17-13)19(6-2)10-7-8-15/h5-7,9-10H2,1-4H3,(H,16,17,18). The number of aryl methyl sites for hydroxylation is 1. The lowest BCUT2D eigenvalue weighted by atomic mass is 10.2. The Morgan fingerprint density at radius 3 is 2.58 bits per heavy atom. The fourth-order valence-electron chi connectivity index (χ4n) is 1.94. The van der Waals surface area contributed by atoms with E-state index in [9.17, 15) is 0 Å². The maximum Gasteiger partial charge on any atom is 0.137 e. The van der Waals surface area contributed by atoms with E-state index >= 15 is 0 Å². The van der Waals surface area contributed by atoms with Crippen LogP contribution in [0.5, 0.6) is 0 Å². The van der Waals surface area contributed by atoms with Crippen LogP contribution in [-0.2, 0) is 0 Å². The summed E-state index contributed by atoms with van der Waals surface area (Å²) < 4.78 is 0. The molecule has 19 heavy (non-hydrogen) atoms. The molecule has 0 aliphatic rings. The second kappa shape index (κ2) is 7.57. The summed E-state index contributed by atoms with van der Waals surface area (Å²) in [6.07, 6.45) is 1.57. The molecule has 0 saturated carbocycles. The summed E-state index contributed by atoms with van der Waals surface area (Å²) in [5.74, 6) is 2.60. The summed E-state index contributed by atoms with van der Waals surface area (Å²) in [5, 5.41) is 12.1. The second-order valence-corrected chi connectivity index (χ2v) is 4.48. The van der Waals surface area contributed by atoms with Crippen LogP contribution in [0, 0.1) is 25.2 Å². The van der Waals surface area contributed by atoms with Crippen molar-refractivity contribution in [2.45, 2.75) is 40.5 Å². The third-order valence-corrected chi connectivity index (χ3v) is 2.95. The number of aromatic nitrogens is 2. The minimum Gasteiger partial charge on any atom is -0.370 e. The molecule has 0 aromatic carbocycles. The predicted octanol–water partition coefficient (Wildman–Crippen LogP) is 2.66. The van der Waals surface area contributed by atoms with Crippen LogP contribution in [0.15, 0.2) is 0 Å². The Kier molecular flexibility index (Phi) is 6.07. The van der Waals surface area contributed by atoms with Gasteiger partial charge < -0.3 is 10.2 Å². The first kappa shape index (κ1) is 15.2. The molecule has 5 heteroatoms. The SMILES string of the molecule is CCCNc1nc(C)nc(N(CC)CCC#N)c1C. The number of hydrogen-bond acceptors (Lipinski definition) is 5. The molecule has 0 spiro atoms. The van der Waals surface area contributed by atoms with Crippen molar-refractivity contribution < 1.29 is 0 Å². The molecule has 0 radical (unpaired) electrons. The molecule has 0 aliphatic carbocycles. The first-order chi connectivity index (χ1) is 9.13. The van der Waals surface area contributed by atoms with Crippen LogP contribution < -0.4 is 10.2 Å². The number of nitrogens with zero attached hydrogens (tertiary/aromatic N) is 4. The van der Waals surface area contributed by atoms with Crippen molar-refractivity contribution in [1.82, 2.24) is 9.97 Å². The third-order valence-electron chi connectivity index (χ3n) is 2.95. The van der Waals surface area contributed by atoms with E-state index in [-0.39, 0.29) is 0 Å². The normalized spacial score (nSPS) is 10.1. The molecule has 0 aliphatic heterocycles. The van der Waals surface area contributed by atoms with Crippen LogP contribution in [-0.4, -0.2) is 29.6 Å². The van der Waals surface area contributed by atoms with Crippen molar-refractivity contribution >= 4 is 11.6 Å². The van der Waals surface area contributed by atoms with Gasteiger partial charge in [0, 0.05) is 25.2 Å². The van der Waals surface area contributed by atoms with Crippen LogP contribution in [0.4, 0.5) is 11.6 Å². The maximum atomic E-state index is 8.73. The lowest BCUT2D eigenvalue weighted by Gasteiger charge is -2.24. The highest BCUT2D eigenvalue weighted by Gasteiger charge is 2.14. The van der Waals surface area contributed by atoms with Crippen molar-refractivity contribution in [2.75, 3.05) is 29.9 Å². The zero-order valence-corrected chi connectivity index (χ0v) is 12.3. The molecule has 104 valence electrons. The van der Waals surface area contributed by atoms with Crippen LogP contribution >= 0.6 is 0 Å². The van der Waals surface area contributed by atoms with Crippen molar-refractivity contribution in [1.29, 1.82) is 5.26 Å². The molecule has 0 amide bonds. The third kappa shape index (κ3) is 4.09. The van der Waals surface area contributed by atoms with E-state index in [0.29, 0.717) is 13.0 Å². The number of nitriles is 1. The first-order valence-corrected chi connectivity index (χ1v) is 6.85. The van der Waals surface area contributed by atoms with Crippen molar-refractivity contribution in [3.63, 3.8) is 0 Å². The Morgan fingerprint density at radius 2 is 2.00 bits per heavy atom. The predicted molar refractivity (Wildman–Crippen MR) is 78.4 cm³/mol. The molecule has 1 rings (SSSR count). The van der Waals surface area contributed by atoms with Crippen LogP contribution in [0.25, 0.3) is 0 Å². The number of hydrogen-bond donors (Lipinski definition) is 1. The Balaban J connectivity index is 3.04. The van der Waals surface area contributed by atoms with Crippen LogP contribution in [0.2, 0.25) is 0 Å². The largest absolute Gasteiger partial charge is 0.370 e. The topological polar surface area (TPSA) is 64.8 Å². The van der Waals surface area contributed by atoms with Gasteiger partial charge in [0.1, 0.15) is 17.5 Å². The summed E-state index contributed by atoms with van der Waals surface area (Å²) in [5.41, 5.74) is 1.05. The highest BCUT2D eigenvalue weighted by molar-refractivity contribution is 5.58. The van der Waals surface area contributed by atoms with Gasteiger partial charge in [-0.1, -0.05) is 6.92 Å². The lowest BCUT2D eigenvalue weighted by molar-refractivity contribution is 0.796. The molecule has 1 aromatic heterocycles. The Hall–Kier alpha value is -1.83. The first-order valence-electron chi connectivity index (χ1n) is 6.85. The van der Waals surface area contributed by atoms with Crippen molar-refractivity contribution in [3.05, 3.63) is 11.4 Å². The molecule has 0 bridgehead atoms. The average molecular weight is 261 g/mol. The number of anilines is 2. The quantitative estimate of drug-likeness (QED) is 0.817. The van der Waals surface area contributed by atoms with E-state index < -0.39 is 0 Å². The maximum absolute atomic E-state index is 8.73. The highest BCUT2D eigenvalue weighted by Crippen LogP contribution is 2.23. The number of nitrogens with one attached hydrogen (secondary N) is 1. The Labute approximate surface area is 115 Å². The molecule has 0 atom stereocenters. The fraction of sp³-hybridized carbons (Fsp3) is 0.643. The van der Waals surface area contributed by atoms with Gasteiger partial charge in [-0.15, -0.1) is 0 Å². The van der Waals surface area contributed by atoms with Gasteiger partial charge in [0.15, 0.2) is 0 Å². The van der Waals surface area contributed by atoms with E-state index in [0.717, 1.165) is 42.5 Å². The van der Waals surface area contributed by atoms with Crippen LogP contribution in [0.1, 0.15) is 38.1 Å². The molecular weight excluding hydrogens is 238 g/mol. The van der Waals surface area contributed by atoms with E-state index in [2.05, 4.69) is 40.1 Å². The van der Waals surface area contributed by atoms with E-state index in [1.54, 1.807) is 0 Å². The Morgan fingerprint density at radius 1 is 1.26 bits per heavy atom. The molecule has 0 saturated heterocycles. The van der Waals surface area contributed by atoms with E-state index in [4.69, 9.17) is 5.26 Å². The molecule has 1 N–H and O–H groups in total. The minimum atomic E-state index is 0.508. The van der Waals surface area contributed by atoms with Gasteiger partial charge in [0.25, 0.3) is 0 Å². The summed E-state index contributed by atoms with van der Waals surface area (Å²) in [6, 6.07) is 2.18. The van der Waals surface area contributed by atoms with Gasteiger partial charge in [0.05, 0.1) is 12.5 Å². The smallest absolute Gasteiger partial charge is 0.137 e. The van der Waals surface area contributed by atoms with Crippen LogP contribution in [0.3, 0.4) is 0 Å². The summed E-state index contributed by atoms with van der Waals surface area (Å²) in [7, 11) is 0. The molecule has 5 nitrogen and oxygen atoms in total. The van der Waals surface area contributed by atoms with Crippen molar-refractivity contribution in [3.8, 4) is 6.07 Å². The van der Waals surface area contributed by atoms with Gasteiger partial charge in [0.2, 0.25) is 0 Å². The average Bonchev–Trinajstić information content (AvgIpc) is 2.41. The summed E-state index contributed by atoms with van der Waals surface area (Å²) in [4.78, 5) is 11.1. The molecular formula is C14H23N5. The number of rotatable bonds is 7. The zero-order valence-electron chi connectivity index (χ0n) is 12.3. The summed E-state index contributed by atoms with van der Waals surface area (Å²) in [6.45, 7) is 10.6. The molecule has 1 heterocycles. The molecule has 1 aromatic rings. The lowest BCUT2D eigenvalue weighted by Crippen LogP contribution is -2.26. The summed E-state index contributed by atoms with van der Waals surface area (Å²) >= 11 is 0. The second-order valence-electron chi connectivity index (χ2n) is 4.48. The van der Waals surface area contributed by atoms with Gasteiger partial charge in [-0.25, -0.2) is 9.97 Å². The van der Waals surface area contributed by atoms with Gasteiger partial charge in [-0.2, -0.15) is 5.26 Å². The Bertz CT molecular complexity index is 450. The van der Waals surface area contributed by atoms with Gasteiger partial charge >= 0.3 is 0 Å².